The van der Waals surface area contributed by atoms with Gasteiger partial charge in [-0.15, -0.1) is 11.3 Å². The molecule has 3 heteroatoms. The van der Waals surface area contributed by atoms with E-state index in [0.29, 0.717) is 0 Å². The highest BCUT2D eigenvalue weighted by atomic mass is 32.1. The van der Waals surface area contributed by atoms with Gasteiger partial charge >= 0.3 is 0 Å². The van der Waals surface area contributed by atoms with E-state index in [0.717, 1.165) is 16.3 Å². The van der Waals surface area contributed by atoms with Crippen LogP contribution >= 0.6 is 11.3 Å². The van der Waals surface area contributed by atoms with E-state index in [9.17, 15) is 0 Å². The number of aryl methyl sites for hydroxylation is 2. The van der Waals surface area contributed by atoms with E-state index >= 15 is 0 Å². The lowest BCUT2D eigenvalue weighted by atomic mass is 10.2. The second-order valence-corrected chi connectivity index (χ2v) is 4.26. The van der Waals surface area contributed by atoms with Crippen LogP contribution in [0.2, 0.25) is 0 Å². The molecule has 1 heterocycles. The molecule has 1 aromatic carbocycles. The van der Waals surface area contributed by atoms with E-state index in [1.54, 1.807) is 18.4 Å². The molecule has 0 aliphatic heterocycles. The van der Waals surface area contributed by atoms with Crippen LogP contribution in [0, 0.1) is 13.8 Å². The van der Waals surface area contributed by atoms with Crippen LogP contribution in [-0.2, 0) is 0 Å². The van der Waals surface area contributed by atoms with E-state index in [2.05, 4.69) is 11.9 Å². The zero-order valence-corrected chi connectivity index (χ0v) is 8.73. The van der Waals surface area contributed by atoms with Crippen LogP contribution in [0.25, 0.3) is 10.2 Å². The number of hydrogen-bond donors (Lipinski definition) is 0. The predicted octanol–water partition coefficient (Wildman–Crippen LogP) is 2.92. The fourth-order valence-corrected chi connectivity index (χ4v) is 2.33. The first-order valence-corrected chi connectivity index (χ1v) is 4.94. The van der Waals surface area contributed by atoms with E-state index in [4.69, 9.17) is 4.74 Å². The molecule has 0 saturated carbocycles. The highest BCUT2D eigenvalue weighted by Crippen LogP contribution is 2.28. The summed E-state index contributed by atoms with van der Waals surface area (Å²) in [5, 5.41) is 1.10. The molecule has 2 nitrogen and oxygen atoms in total. The minimum Gasteiger partial charge on any atom is -0.497 e. The largest absolute Gasteiger partial charge is 0.497 e. The van der Waals surface area contributed by atoms with Gasteiger partial charge in [-0.1, -0.05) is 0 Å². The number of benzene rings is 1. The molecular formula is C10H11NOS. The topological polar surface area (TPSA) is 22.1 Å². The summed E-state index contributed by atoms with van der Waals surface area (Å²) >= 11 is 1.70. The minimum atomic E-state index is 0.911. The molecule has 0 radical (unpaired) electrons. The monoisotopic (exact) mass is 193 g/mol. The summed E-state index contributed by atoms with van der Waals surface area (Å²) in [5.41, 5.74) is 2.28. The number of ether oxygens (including phenoxy) is 1. The van der Waals surface area contributed by atoms with Crippen LogP contribution in [0.5, 0.6) is 5.75 Å². The Hall–Kier alpha value is -1.09. The Balaban J connectivity index is 2.75. The first kappa shape index (κ1) is 8.51. The predicted molar refractivity (Wildman–Crippen MR) is 55.6 cm³/mol. The maximum Gasteiger partial charge on any atom is 0.120 e. The van der Waals surface area contributed by atoms with E-state index in [-0.39, 0.29) is 0 Å². The van der Waals surface area contributed by atoms with Gasteiger partial charge in [-0.2, -0.15) is 0 Å². The third kappa shape index (κ3) is 1.40. The van der Waals surface area contributed by atoms with Crippen LogP contribution in [0.4, 0.5) is 0 Å². The van der Waals surface area contributed by atoms with Crippen LogP contribution in [0.15, 0.2) is 12.1 Å². The molecule has 0 atom stereocenters. The van der Waals surface area contributed by atoms with Crippen molar-refractivity contribution in [3.63, 3.8) is 0 Å². The van der Waals surface area contributed by atoms with Gasteiger partial charge in [0.15, 0.2) is 0 Å². The zero-order valence-electron chi connectivity index (χ0n) is 7.92. The van der Waals surface area contributed by atoms with Crippen molar-refractivity contribution in [3.8, 4) is 5.75 Å². The average molecular weight is 193 g/mol. The van der Waals surface area contributed by atoms with Crippen LogP contribution in [0.1, 0.15) is 10.6 Å². The smallest absolute Gasteiger partial charge is 0.120 e. The molecule has 0 aliphatic carbocycles. The quantitative estimate of drug-likeness (QED) is 0.694. The Morgan fingerprint density at radius 1 is 1.31 bits per heavy atom. The van der Waals surface area contributed by atoms with Crippen LogP contribution in [-0.4, -0.2) is 12.1 Å². The van der Waals surface area contributed by atoms with E-state index in [1.165, 1.54) is 10.3 Å². The first-order valence-electron chi connectivity index (χ1n) is 4.12. The molecule has 0 unspecified atom stereocenters. The van der Waals surface area contributed by atoms with Gasteiger partial charge in [0.2, 0.25) is 0 Å². The third-order valence-electron chi connectivity index (χ3n) is 2.00. The van der Waals surface area contributed by atoms with Crippen molar-refractivity contribution in [1.82, 2.24) is 4.98 Å². The molecule has 0 aliphatic rings. The average Bonchev–Trinajstić information content (AvgIpc) is 2.46. The van der Waals surface area contributed by atoms with Crippen molar-refractivity contribution in [2.45, 2.75) is 13.8 Å². The fraction of sp³-hybridized carbons (Fsp3) is 0.300. The van der Waals surface area contributed by atoms with Gasteiger partial charge in [0.25, 0.3) is 0 Å². The second-order valence-electron chi connectivity index (χ2n) is 3.02. The Morgan fingerprint density at radius 3 is 2.77 bits per heavy atom. The highest BCUT2D eigenvalue weighted by molar-refractivity contribution is 7.18. The molecule has 2 aromatic rings. The van der Waals surface area contributed by atoms with E-state index in [1.807, 2.05) is 19.1 Å². The summed E-state index contributed by atoms with van der Waals surface area (Å²) in [4.78, 5) is 4.45. The Morgan fingerprint density at radius 2 is 2.08 bits per heavy atom. The van der Waals surface area contributed by atoms with Crippen molar-refractivity contribution in [2.24, 2.45) is 0 Å². The van der Waals surface area contributed by atoms with Crippen molar-refractivity contribution in [1.29, 1.82) is 0 Å². The molecule has 0 saturated heterocycles. The maximum atomic E-state index is 5.19. The minimum absolute atomic E-state index is 0.911. The van der Waals surface area contributed by atoms with Gasteiger partial charge in [-0.3, -0.25) is 0 Å². The van der Waals surface area contributed by atoms with Crippen molar-refractivity contribution < 1.29 is 4.74 Å². The molecule has 0 amide bonds. The molecule has 1 aromatic heterocycles. The fourth-order valence-electron chi connectivity index (χ4n) is 1.39. The van der Waals surface area contributed by atoms with Gasteiger partial charge in [-0.25, -0.2) is 4.98 Å². The number of rotatable bonds is 1. The lowest BCUT2D eigenvalue weighted by molar-refractivity contribution is 0.415. The Kier molecular flexibility index (Phi) is 1.96. The second kappa shape index (κ2) is 3.00. The normalized spacial score (nSPS) is 10.7. The molecule has 13 heavy (non-hydrogen) atoms. The Labute approximate surface area is 81.2 Å². The number of aromatic nitrogens is 1. The van der Waals surface area contributed by atoms with Crippen LogP contribution in [0.3, 0.4) is 0 Å². The number of thiazole rings is 1. The van der Waals surface area contributed by atoms with Crippen LogP contribution < -0.4 is 4.74 Å². The van der Waals surface area contributed by atoms with Gasteiger partial charge in [0.1, 0.15) is 5.75 Å². The number of hydrogen-bond acceptors (Lipinski definition) is 3. The molecule has 2 rings (SSSR count). The van der Waals surface area contributed by atoms with Gasteiger partial charge in [0.05, 0.1) is 22.3 Å². The zero-order chi connectivity index (χ0) is 9.42. The Bertz CT molecular complexity index is 447. The van der Waals surface area contributed by atoms with Crippen molar-refractivity contribution >= 4 is 21.6 Å². The summed E-state index contributed by atoms with van der Waals surface area (Å²) in [6.07, 6.45) is 0. The number of fused-ring (bicyclic) bond motifs is 1. The molecule has 0 spiro atoms. The summed E-state index contributed by atoms with van der Waals surface area (Å²) < 4.78 is 6.39. The van der Waals surface area contributed by atoms with Crippen molar-refractivity contribution in [2.75, 3.05) is 7.11 Å². The lowest BCUT2D eigenvalue weighted by Gasteiger charge is -2.00. The van der Waals surface area contributed by atoms with Crippen molar-refractivity contribution in [3.05, 3.63) is 22.7 Å². The lowest BCUT2D eigenvalue weighted by Crippen LogP contribution is -1.84. The number of nitrogens with zero attached hydrogens (tertiary/aromatic N) is 1. The summed E-state index contributed by atoms with van der Waals surface area (Å²) in [5.74, 6) is 0.911. The van der Waals surface area contributed by atoms with E-state index < -0.39 is 0 Å². The summed E-state index contributed by atoms with van der Waals surface area (Å²) in [7, 11) is 1.69. The highest BCUT2D eigenvalue weighted by Gasteiger charge is 2.05. The molecular weight excluding hydrogens is 182 g/mol. The first-order chi connectivity index (χ1) is 6.20. The maximum absolute atomic E-state index is 5.19. The third-order valence-corrected chi connectivity index (χ3v) is 2.92. The molecule has 0 N–H and O–H groups in total. The SMILES string of the molecule is COc1cc(C)c2nc(C)sc2c1. The summed E-state index contributed by atoms with van der Waals surface area (Å²) in [6.45, 7) is 4.08. The molecule has 0 fully saturated rings. The summed E-state index contributed by atoms with van der Waals surface area (Å²) in [6, 6.07) is 4.05. The van der Waals surface area contributed by atoms with Gasteiger partial charge in [-0.05, 0) is 31.5 Å². The molecule has 68 valence electrons. The molecule has 0 bridgehead atoms. The van der Waals surface area contributed by atoms with Gasteiger partial charge in [0, 0.05) is 0 Å². The standard InChI is InChI=1S/C10H11NOS/c1-6-4-8(12-3)5-9-10(6)11-7(2)13-9/h4-5H,1-3H3. The van der Waals surface area contributed by atoms with Gasteiger partial charge < -0.3 is 4.74 Å². The number of methoxy groups -OCH3 is 1.